The van der Waals surface area contributed by atoms with Crippen molar-refractivity contribution >= 4 is 21.8 Å². The number of likely N-dealkylation sites (tertiary alicyclic amines) is 1. The predicted molar refractivity (Wildman–Crippen MR) is 93.6 cm³/mol. The third-order valence-electron chi connectivity index (χ3n) is 5.21. The highest BCUT2D eigenvalue weighted by atomic mass is 32.2. The molecule has 0 aromatic heterocycles. The van der Waals surface area contributed by atoms with Gasteiger partial charge in [0.25, 0.3) is 10.0 Å². The van der Waals surface area contributed by atoms with Crippen LogP contribution in [0.15, 0.2) is 33.6 Å². The Morgan fingerprint density at radius 1 is 1.32 bits per heavy atom. The fraction of sp³-hybridized carbons (Fsp3) is 0.529. The molecule has 3 N–H and O–H groups in total. The largest absolute Gasteiger partial charge is 0.350 e. The summed E-state index contributed by atoms with van der Waals surface area (Å²) in [7, 11) is -3.68. The number of carbonyl (C=O) groups excluding carboxylic acids is 1. The monoisotopic (exact) mass is 362 g/mol. The van der Waals surface area contributed by atoms with Crippen LogP contribution in [0, 0.1) is 5.92 Å². The second-order valence-electron chi connectivity index (χ2n) is 6.93. The van der Waals surface area contributed by atoms with E-state index in [-0.39, 0.29) is 16.8 Å². The van der Waals surface area contributed by atoms with Crippen LogP contribution in [0.25, 0.3) is 0 Å². The molecule has 0 spiro atoms. The van der Waals surface area contributed by atoms with Crippen molar-refractivity contribution in [3.63, 3.8) is 0 Å². The van der Waals surface area contributed by atoms with Gasteiger partial charge in [-0.3, -0.25) is 4.79 Å². The second-order valence-corrected chi connectivity index (χ2v) is 8.50. The first kappa shape index (κ1) is 16.5. The first-order chi connectivity index (χ1) is 12.0. The Bertz CT molecular complexity index is 832. The van der Waals surface area contributed by atoms with Crippen LogP contribution >= 0.6 is 0 Å². The van der Waals surface area contributed by atoms with Crippen molar-refractivity contribution < 1.29 is 13.2 Å². The Morgan fingerprint density at radius 3 is 2.80 bits per heavy atom. The summed E-state index contributed by atoms with van der Waals surface area (Å²) in [6, 6.07) is 6.40. The number of sulfonamides is 1. The van der Waals surface area contributed by atoms with Gasteiger partial charge in [0, 0.05) is 24.7 Å². The molecule has 134 valence electrons. The van der Waals surface area contributed by atoms with E-state index < -0.39 is 16.1 Å². The van der Waals surface area contributed by atoms with Crippen molar-refractivity contribution in [3.05, 3.63) is 29.8 Å². The molecule has 2 atom stereocenters. The molecule has 1 aromatic rings. The Hall–Kier alpha value is -1.93. The number of hydrogen-bond donors (Lipinski definition) is 2. The SMILES string of the molecule is NCC(NC(=O)C1CCCN1C1=NS(=O)(=O)c2ccccc21)C1CC1. The van der Waals surface area contributed by atoms with Crippen molar-refractivity contribution in [1.29, 1.82) is 0 Å². The zero-order valence-electron chi connectivity index (χ0n) is 13.9. The second kappa shape index (κ2) is 6.10. The van der Waals surface area contributed by atoms with Gasteiger partial charge in [-0.25, -0.2) is 0 Å². The van der Waals surface area contributed by atoms with E-state index in [4.69, 9.17) is 5.73 Å². The van der Waals surface area contributed by atoms with Crippen LogP contribution < -0.4 is 11.1 Å². The maximum atomic E-state index is 12.8. The third-order valence-corrected chi connectivity index (χ3v) is 6.54. The molecule has 4 rings (SSSR count). The van der Waals surface area contributed by atoms with Gasteiger partial charge < -0.3 is 16.0 Å². The molecule has 2 heterocycles. The number of hydrogen-bond acceptors (Lipinski definition) is 5. The summed E-state index contributed by atoms with van der Waals surface area (Å²) >= 11 is 0. The van der Waals surface area contributed by atoms with E-state index in [1.165, 1.54) is 0 Å². The molecule has 7 nitrogen and oxygen atoms in total. The maximum absolute atomic E-state index is 12.8. The highest BCUT2D eigenvalue weighted by Crippen LogP contribution is 2.33. The third kappa shape index (κ3) is 2.93. The minimum Gasteiger partial charge on any atom is -0.350 e. The lowest BCUT2D eigenvalue weighted by Crippen LogP contribution is -2.51. The van der Waals surface area contributed by atoms with Gasteiger partial charge in [0.05, 0.1) is 0 Å². The van der Waals surface area contributed by atoms with Crippen LogP contribution in [0.1, 0.15) is 31.2 Å². The molecule has 0 bridgehead atoms. The van der Waals surface area contributed by atoms with Gasteiger partial charge in [0.1, 0.15) is 10.9 Å². The van der Waals surface area contributed by atoms with E-state index in [1.54, 1.807) is 24.3 Å². The number of fused-ring (bicyclic) bond motifs is 1. The highest BCUT2D eigenvalue weighted by molar-refractivity contribution is 7.90. The zero-order valence-corrected chi connectivity index (χ0v) is 14.7. The van der Waals surface area contributed by atoms with Crippen molar-refractivity contribution in [2.75, 3.05) is 13.1 Å². The first-order valence-electron chi connectivity index (χ1n) is 8.73. The molecule has 2 aliphatic heterocycles. The summed E-state index contributed by atoms with van der Waals surface area (Å²) in [5.41, 5.74) is 6.37. The van der Waals surface area contributed by atoms with E-state index in [9.17, 15) is 13.2 Å². The summed E-state index contributed by atoms with van der Waals surface area (Å²) in [6.45, 7) is 1.05. The van der Waals surface area contributed by atoms with Crippen molar-refractivity contribution in [2.45, 2.75) is 42.7 Å². The summed E-state index contributed by atoms with van der Waals surface area (Å²) in [4.78, 5) is 14.8. The summed E-state index contributed by atoms with van der Waals surface area (Å²) in [5, 5.41) is 3.06. The number of nitrogens with two attached hydrogens (primary N) is 1. The van der Waals surface area contributed by atoms with Gasteiger partial charge in [0.2, 0.25) is 5.91 Å². The van der Waals surface area contributed by atoms with Crippen LogP contribution in [0.3, 0.4) is 0 Å². The Labute approximate surface area is 147 Å². The average molecular weight is 362 g/mol. The van der Waals surface area contributed by atoms with Gasteiger partial charge in [0.15, 0.2) is 5.84 Å². The van der Waals surface area contributed by atoms with Crippen LogP contribution in [0.4, 0.5) is 0 Å². The topological polar surface area (TPSA) is 105 Å². The molecule has 1 aliphatic carbocycles. The summed E-state index contributed by atoms with van der Waals surface area (Å²) in [5.74, 6) is 0.794. The number of nitrogens with one attached hydrogen (secondary N) is 1. The first-order valence-corrected chi connectivity index (χ1v) is 10.2. The van der Waals surface area contributed by atoms with Crippen molar-refractivity contribution in [2.24, 2.45) is 16.0 Å². The Balaban J connectivity index is 1.59. The molecule has 1 aromatic carbocycles. The van der Waals surface area contributed by atoms with E-state index in [2.05, 4.69) is 9.71 Å². The van der Waals surface area contributed by atoms with Crippen molar-refractivity contribution in [1.82, 2.24) is 10.2 Å². The van der Waals surface area contributed by atoms with Gasteiger partial charge >= 0.3 is 0 Å². The van der Waals surface area contributed by atoms with Crippen LogP contribution in [0.5, 0.6) is 0 Å². The van der Waals surface area contributed by atoms with Crippen LogP contribution in [0.2, 0.25) is 0 Å². The lowest BCUT2D eigenvalue weighted by Gasteiger charge is -2.27. The van der Waals surface area contributed by atoms with E-state index in [0.29, 0.717) is 36.8 Å². The molecule has 25 heavy (non-hydrogen) atoms. The normalized spacial score (nSPS) is 25.4. The van der Waals surface area contributed by atoms with Crippen LogP contribution in [-0.2, 0) is 14.8 Å². The van der Waals surface area contributed by atoms with E-state index in [1.807, 2.05) is 4.90 Å². The number of nitrogens with zero attached hydrogens (tertiary/aromatic N) is 2. The molecule has 2 fully saturated rings. The molecular formula is C17H22N4O3S. The van der Waals surface area contributed by atoms with Gasteiger partial charge in [-0.1, -0.05) is 12.1 Å². The molecule has 2 unspecified atom stereocenters. The average Bonchev–Trinajstić information content (AvgIpc) is 3.26. The minimum absolute atomic E-state index is 0.0106. The molecule has 1 saturated carbocycles. The molecule has 8 heteroatoms. The lowest BCUT2D eigenvalue weighted by molar-refractivity contribution is -0.125. The minimum atomic E-state index is -3.68. The van der Waals surface area contributed by atoms with Gasteiger partial charge in [-0.05, 0) is 43.7 Å². The molecule has 1 amide bonds. The predicted octanol–water partition coefficient (Wildman–Crippen LogP) is 0.453. The number of amides is 1. The molecule has 1 saturated heterocycles. The Morgan fingerprint density at radius 2 is 2.08 bits per heavy atom. The summed E-state index contributed by atoms with van der Waals surface area (Å²) < 4.78 is 28.5. The van der Waals surface area contributed by atoms with E-state index >= 15 is 0 Å². The fourth-order valence-corrected chi connectivity index (χ4v) is 4.95. The highest BCUT2D eigenvalue weighted by Gasteiger charge is 2.40. The number of amidine groups is 1. The van der Waals surface area contributed by atoms with Crippen LogP contribution in [-0.4, -0.2) is 50.2 Å². The van der Waals surface area contributed by atoms with E-state index in [0.717, 1.165) is 19.3 Å². The van der Waals surface area contributed by atoms with Crippen molar-refractivity contribution in [3.8, 4) is 0 Å². The smallest absolute Gasteiger partial charge is 0.285 e. The number of rotatable bonds is 4. The molecule has 0 radical (unpaired) electrons. The zero-order chi connectivity index (χ0) is 17.6. The number of carbonyl (C=O) groups is 1. The molecule has 3 aliphatic rings. The maximum Gasteiger partial charge on any atom is 0.285 e. The lowest BCUT2D eigenvalue weighted by atomic mass is 10.1. The quantitative estimate of drug-likeness (QED) is 0.809. The van der Waals surface area contributed by atoms with Gasteiger partial charge in [-0.15, -0.1) is 4.40 Å². The Kier molecular flexibility index (Phi) is 4.04. The molecular weight excluding hydrogens is 340 g/mol. The van der Waals surface area contributed by atoms with Gasteiger partial charge in [-0.2, -0.15) is 8.42 Å². The fourth-order valence-electron chi connectivity index (χ4n) is 3.74. The standard InChI is InChI=1S/C17H22N4O3S/c18-10-13(11-7-8-11)19-17(22)14-5-3-9-21(14)16-12-4-1-2-6-15(12)25(23,24)20-16/h1-2,4,6,11,13-14H,3,5,7-10,18H2,(H,19,22). The summed E-state index contributed by atoms with van der Waals surface area (Å²) in [6.07, 6.45) is 3.73. The number of benzene rings is 1.